The molecule has 0 aromatic heterocycles. The van der Waals surface area contributed by atoms with Gasteiger partial charge in [-0.15, -0.1) is 6.58 Å². The van der Waals surface area contributed by atoms with Gasteiger partial charge in [0.2, 0.25) is 17.6 Å². The number of fused-ring (bicyclic) bond motifs is 1. The fourth-order valence-corrected chi connectivity index (χ4v) is 7.80. The van der Waals surface area contributed by atoms with E-state index in [0.717, 1.165) is 51.4 Å². The number of carbonyl (C=O) groups excluding carboxylic acids is 6. The number of carbonyl (C=O) groups is 6. The number of unbranched alkanes of at least 4 members (excludes halogenated alkanes) is 1. The second kappa shape index (κ2) is 14.9. The molecule has 11 nitrogen and oxygen atoms in total. The number of piperidine rings is 1. The van der Waals surface area contributed by atoms with Crippen molar-refractivity contribution in [1.29, 1.82) is 0 Å². The van der Waals surface area contributed by atoms with Crippen LogP contribution >= 0.6 is 0 Å². The van der Waals surface area contributed by atoms with Gasteiger partial charge in [0.15, 0.2) is 5.78 Å². The Bertz CT molecular complexity index is 1230. The molecule has 1 saturated heterocycles. The van der Waals surface area contributed by atoms with Crippen molar-refractivity contribution in [3.05, 3.63) is 12.7 Å². The fourth-order valence-electron chi connectivity index (χ4n) is 7.80. The van der Waals surface area contributed by atoms with Crippen molar-refractivity contribution in [2.75, 3.05) is 13.1 Å². The van der Waals surface area contributed by atoms with Crippen molar-refractivity contribution in [2.24, 2.45) is 34.5 Å². The monoisotopic (exact) mass is 655 g/mol. The van der Waals surface area contributed by atoms with Crippen molar-refractivity contribution in [1.82, 2.24) is 26.2 Å². The second-order valence-electron chi connectivity index (χ2n) is 15.9. The first-order valence-electron chi connectivity index (χ1n) is 17.8. The van der Waals surface area contributed by atoms with E-state index in [1.165, 1.54) is 6.08 Å². The van der Waals surface area contributed by atoms with E-state index < -0.39 is 53.2 Å². The molecule has 262 valence electrons. The highest BCUT2D eigenvalue weighted by atomic mass is 16.2. The molecule has 1 heterocycles. The molecule has 0 aromatic carbocycles. The minimum Gasteiger partial charge on any atom is -0.346 e. The zero-order valence-electron chi connectivity index (χ0n) is 29.3. The maximum absolute atomic E-state index is 14.4. The van der Waals surface area contributed by atoms with Crippen LogP contribution in [0.5, 0.6) is 0 Å². The van der Waals surface area contributed by atoms with E-state index in [2.05, 4.69) is 41.7 Å². The lowest BCUT2D eigenvalue weighted by atomic mass is 9.81. The van der Waals surface area contributed by atoms with Crippen LogP contribution < -0.4 is 21.3 Å². The molecule has 47 heavy (non-hydrogen) atoms. The Labute approximate surface area is 280 Å². The molecule has 6 atom stereocenters. The van der Waals surface area contributed by atoms with Crippen molar-refractivity contribution >= 4 is 35.3 Å². The average Bonchev–Trinajstić information content (AvgIpc) is 3.91. The first-order valence-corrected chi connectivity index (χ1v) is 17.8. The molecule has 1 aliphatic heterocycles. The summed E-state index contributed by atoms with van der Waals surface area (Å²) >= 11 is 0. The average molecular weight is 656 g/mol. The summed E-state index contributed by atoms with van der Waals surface area (Å²) < 4.78 is 0. The minimum atomic E-state index is -1.02. The highest BCUT2D eigenvalue weighted by Gasteiger charge is 2.70. The van der Waals surface area contributed by atoms with Gasteiger partial charge in [0.05, 0.1) is 12.1 Å². The lowest BCUT2D eigenvalue weighted by molar-refractivity contribution is -0.145. The van der Waals surface area contributed by atoms with Crippen LogP contribution in [0.3, 0.4) is 0 Å². The van der Waals surface area contributed by atoms with Gasteiger partial charge < -0.3 is 26.2 Å². The van der Waals surface area contributed by atoms with Gasteiger partial charge in [-0.1, -0.05) is 79.7 Å². The Balaban J connectivity index is 1.52. The van der Waals surface area contributed by atoms with Crippen molar-refractivity contribution in [3.63, 3.8) is 0 Å². The highest BCUT2D eigenvalue weighted by molar-refractivity contribution is 6.38. The second-order valence-corrected chi connectivity index (χ2v) is 15.9. The van der Waals surface area contributed by atoms with E-state index in [0.29, 0.717) is 19.4 Å². The van der Waals surface area contributed by atoms with Gasteiger partial charge in [-0.25, -0.2) is 4.79 Å². The van der Waals surface area contributed by atoms with Crippen LogP contribution in [0.2, 0.25) is 0 Å². The quantitative estimate of drug-likeness (QED) is 0.156. The molecule has 2 unspecified atom stereocenters. The number of rotatable bonds is 15. The topological polar surface area (TPSA) is 154 Å². The summed E-state index contributed by atoms with van der Waals surface area (Å²) in [6.07, 6.45) is 9.88. The molecule has 3 aliphatic carbocycles. The normalized spacial score (nSPS) is 25.4. The Morgan fingerprint density at radius 2 is 1.62 bits per heavy atom. The van der Waals surface area contributed by atoms with E-state index in [9.17, 15) is 28.8 Å². The summed E-state index contributed by atoms with van der Waals surface area (Å²) in [4.78, 5) is 82.4. The van der Waals surface area contributed by atoms with Crippen LogP contribution in [0.4, 0.5) is 4.79 Å². The maximum atomic E-state index is 14.4. The van der Waals surface area contributed by atoms with Crippen LogP contribution in [0.25, 0.3) is 0 Å². The van der Waals surface area contributed by atoms with Crippen LogP contribution in [-0.2, 0) is 24.0 Å². The zero-order valence-corrected chi connectivity index (χ0v) is 29.3. The number of ketones is 2. The molecule has 0 spiro atoms. The van der Waals surface area contributed by atoms with E-state index >= 15 is 0 Å². The van der Waals surface area contributed by atoms with Gasteiger partial charge in [-0.05, 0) is 60.7 Å². The summed E-state index contributed by atoms with van der Waals surface area (Å²) in [5.74, 6) is -2.20. The van der Waals surface area contributed by atoms with Crippen LogP contribution in [-0.4, -0.2) is 77.5 Å². The number of nitrogens with zero attached hydrogens (tertiary/aromatic N) is 1. The smallest absolute Gasteiger partial charge is 0.316 e. The molecule has 0 bridgehead atoms. The number of amides is 5. The largest absolute Gasteiger partial charge is 0.346 e. The molecule has 3 saturated carbocycles. The van der Waals surface area contributed by atoms with Gasteiger partial charge in [0.1, 0.15) is 12.1 Å². The molecule has 4 aliphatic rings. The Kier molecular flexibility index (Phi) is 11.6. The number of hydrogen-bond donors (Lipinski definition) is 4. The third kappa shape index (κ3) is 8.44. The molecule has 4 fully saturated rings. The van der Waals surface area contributed by atoms with E-state index in [4.69, 9.17) is 0 Å². The number of nitrogens with one attached hydrogen (secondary N) is 4. The van der Waals surface area contributed by atoms with Gasteiger partial charge in [0, 0.05) is 19.0 Å². The first-order chi connectivity index (χ1) is 22.1. The summed E-state index contributed by atoms with van der Waals surface area (Å²) in [7, 11) is 0. The third-order valence-corrected chi connectivity index (χ3v) is 11.0. The summed E-state index contributed by atoms with van der Waals surface area (Å²) in [6.45, 7) is 15.7. The molecule has 11 heteroatoms. The van der Waals surface area contributed by atoms with E-state index in [1.807, 2.05) is 27.7 Å². The van der Waals surface area contributed by atoms with Gasteiger partial charge in [-0.2, -0.15) is 0 Å². The van der Waals surface area contributed by atoms with E-state index in [-0.39, 0.29) is 47.3 Å². The number of hydrogen-bond acceptors (Lipinski definition) is 6. The number of urea groups is 1. The van der Waals surface area contributed by atoms with Gasteiger partial charge in [-0.3, -0.25) is 24.0 Å². The molecule has 0 aromatic rings. The van der Waals surface area contributed by atoms with Gasteiger partial charge >= 0.3 is 6.03 Å². The van der Waals surface area contributed by atoms with Crippen LogP contribution in [0, 0.1) is 34.5 Å². The van der Waals surface area contributed by atoms with Gasteiger partial charge in [0.25, 0.3) is 5.91 Å². The highest BCUT2D eigenvalue weighted by Crippen LogP contribution is 2.65. The van der Waals surface area contributed by atoms with Crippen LogP contribution in [0.1, 0.15) is 106 Å². The number of Topliss-reactive ketones (excluding diaryl/α,β-unsaturated/α-hetero) is 2. The maximum Gasteiger partial charge on any atom is 0.316 e. The summed E-state index contributed by atoms with van der Waals surface area (Å²) in [5.41, 5.74) is -0.886. The summed E-state index contributed by atoms with van der Waals surface area (Å²) in [6, 6.07) is -3.96. The van der Waals surface area contributed by atoms with Crippen molar-refractivity contribution < 1.29 is 28.8 Å². The number of likely N-dealkylation sites (tertiary alicyclic amines) is 1. The fraction of sp³-hybridized carbons (Fsp3) is 0.778. The Morgan fingerprint density at radius 1 is 0.957 bits per heavy atom. The van der Waals surface area contributed by atoms with Crippen molar-refractivity contribution in [3.8, 4) is 0 Å². The molecule has 5 amide bonds. The van der Waals surface area contributed by atoms with Crippen molar-refractivity contribution in [2.45, 2.75) is 130 Å². The Morgan fingerprint density at radius 3 is 2.19 bits per heavy atom. The van der Waals surface area contributed by atoms with Crippen LogP contribution in [0.15, 0.2) is 12.7 Å². The minimum absolute atomic E-state index is 0.00215. The molecule has 4 N–H and O–H groups in total. The SMILES string of the molecule is C=CCNC(=O)C(=O)C(CCCC)NC(=O)[C@@H]1C2[C@H](CN1C(=O)[C@@H](NC(=O)N[C@H](C(=O)C1CC1)C1CCCCC1)C(C)(C)C)C2(C)C. The standard InChI is InChI=1S/C36H57N5O6/c1-8-10-16-24(29(43)32(45)37-19-9-2)38-31(44)27-25-23(36(25,6)7)20-41(27)33(46)30(35(3,4)5)40-34(47)39-26(28(42)22-17-18-22)21-14-12-11-13-15-21/h9,21-27,30H,2,8,10-20H2,1,3-7H3,(H,37,45)(H,38,44)(H2,39,40,47)/t23-,24?,25?,26-,27-,30+/m0/s1. The third-order valence-electron chi connectivity index (χ3n) is 11.0. The predicted octanol–water partition coefficient (Wildman–Crippen LogP) is 3.66. The Hall–Kier alpha value is -3.24. The summed E-state index contributed by atoms with van der Waals surface area (Å²) in [5, 5.41) is 11.2. The zero-order chi connectivity index (χ0) is 34.7. The molecule has 4 rings (SSSR count). The molecular weight excluding hydrogens is 598 g/mol. The van der Waals surface area contributed by atoms with E-state index in [1.54, 1.807) is 4.90 Å². The molecular formula is C36H57N5O6. The lowest BCUT2D eigenvalue weighted by Crippen LogP contribution is -2.62. The predicted molar refractivity (Wildman–Crippen MR) is 179 cm³/mol. The molecule has 0 radical (unpaired) electrons. The lowest BCUT2D eigenvalue weighted by Gasteiger charge is -2.38. The first kappa shape index (κ1) is 36.6.